The minimum atomic E-state index is 0.420. The topological polar surface area (TPSA) is 37.2 Å². The summed E-state index contributed by atoms with van der Waals surface area (Å²) in [6, 6.07) is 1.30. The van der Waals surface area contributed by atoms with Gasteiger partial charge in [-0.1, -0.05) is 6.08 Å². The van der Waals surface area contributed by atoms with Gasteiger partial charge in [0, 0.05) is 24.7 Å². The van der Waals surface area contributed by atoms with Crippen LogP contribution in [0.15, 0.2) is 22.3 Å². The van der Waals surface area contributed by atoms with Crippen LogP contribution in [0.5, 0.6) is 0 Å². The second-order valence-electron chi connectivity index (χ2n) is 4.56. The van der Waals surface area contributed by atoms with Crippen molar-refractivity contribution in [2.24, 2.45) is 9.98 Å². The molecule has 0 saturated heterocycles. The molecule has 0 fully saturated rings. The lowest BCUT2D eigenvalue weighted by Crippen LogP contribution is -2.42. The number of ether oxygens (including phenoxy) is 1. The predicted octanol–water partition coefficient (Wildman–Crippen LogP) is 2.81. The minimum absolute atomic E-state index is 0.420. The number of hydrogen-bond acceptors (Lipinski definition) is 4. The molecule has 1 aliphatic rings. The van der Waals surface area contributed by atoms with E-state index in [0.29, 0.717) is 24.7 Å². The monoisotopic (exact) mass is 237 g/mol. The van der Waals surface area contributed by atoms with Crippen molar-refractivity contribution in [1.82, 2.24) is 4.90 Å². The molecule has 4 heteroatoms. The number of hydrogen-bond donors (Lipinski definition) is 0. The van der Waals surface area contributed by atoms with Crippen LogP contribution in [0, 0.1) is 0 Å². The molecule has 0 saturated carbocycles. The molecule has 17 heavy (non-hydrogen) atoms. The van der Waals surface area contributed by atoms with Gasteiger partial charge < -0.3 is 9.64 Å². The predicted molar refractivity (Wildman–Crippen MR) is 72.4 cm³/mol. The van der Waals surface area contributed by atoms with Crippen LogP contribution in [0.25, 0.3) is 0 Å². The SMILES string of the molecule is CCOC1=NC=CCC(N(C(C)C)C(C)C)=N1. The van der Waals surface area contributed by atoms with Gasteiger partial charge in [-0.15, -0.1) is 0 Å². The van der Waals surface area contributed by atoms with Crippen molar-refractivity contribution in [3.63, 3.8) is 0 Å². The van der Waals surface area contributed by atoms with Crippen molar-refractivity contribution in [3.05, 3.63) is 12.3 Å². The first-order chi connectivity index (χ1) is 8.06. The third-order valence-corrected chi connectivity index (χ3v) is 2.50. The highest BCUT2D eigenvalue weighted by molar-refractivity contribution is 5.95. The average Bonchev–Trinajstić information content (AvgIpc) is 2.43. The largest absolute Gasteiger partial charge is 0.464 e. The molecule has 0 amide bonds. The Kier molecular flexibility index (Phi) is 5.19. The lowest BCUT2D eigenvalue weighted by molar-refractivity contribution is 0.285. The zero-order chi connectivity index (χ0) is 12.8. The van der Waals surface area contributed by atoms with Crippen molar-refractivity contribution in [3.8, 4) is 0 Å². The van der Waals surface area contributed by atoms with Gasteiger partial charge in [0.1, 0.15) is 5.84 Å². The van der Waals surface area contributed by atoms with Crippen molar-refractivity contribution in [2.45, 2.75) is 53.1 Å². The van der Waals surface area contributed by atoms with Gasteiger partial charge in [0.15, 0.2) is 0 Å². The summed E-state index contributed by atoms with van der Waals surface area (Å²) < 4.78 is 5.39. The molecule has 0 N–H and O–H groups in total. The lowest BCUT2D eigenvalue weighted by atomic mass is 10.2. The Hall–Kier alpha value is -1.32. The highest BCUT2D eigenvalue weighted by Crippen LogP contribution is 2.12. The quantitative estimate of drug-likeness (QED) is 0.757. The fourth-order valence-electron chi connectivity index (χ4n) is 2.01. The van der Waals surface area contributed by atoms with Gasteiger partial charge in [0.25, 0.3) is 0 Å². The minimum Gasteiger partial charge on any atom is -0.464 e. The van der Waals surface area contributed by atoms with Gasteiger partial charge in [-0.2, -0.15) is 4.99 Å². The van der Waals surface area contributed by atoms with Crippen LogP contribution in [0.2, 0.25) is 0 Å². The molecule has 0 radical (unpaired) electrons. The van der Waals surface area contributed by atoms with Crippen LogP contribution in [0.1, 0.15) is 41.0 Å². The number of amidine groups is 2. The number of aliphatic imine (C=N–C) groups is 2. The molecule has 1 aliphatic heterocycles. The summed E-state index contributed by atoms with van der Waals surface area (Å²) in [7, 11) is 0. The third kappa shape index (κ3) is 3.88. The zero-order valence-corrected chi connectivity index (χ0v) is 11.5. The van der Waals surface area contributed by atoms with E-state index in [0.717, 1.165) is 12.3 Å². The van der Waals surface area contributed by atoms with Crippen molar-refractivity contribution in [2.75, 3.05) is 6.61 Å². The Morgan fingerprint density at radius 3 is 2.47 bits per heavy atom. The number of nitrogens with zero attached hydrogens (tertiary/aromatic N) is 3. The van der Waals surface area contributed by atoms with Gasteiger partial charge in [0.05, 0.1) is 6.61 Å². The van der Waals surface area contributed by atoms with Gasteiger partial charge in [0.2, 0.25) is 0 Å². The maximum atomic E-state index is 5.39. The molecule has 0 aromatic carbocycles. The molecule has 0 bridgehead atoms. The molecule has 96 valence electrons. The van der Waals surface area contributed by atoms with E-state index in [1.807, 2.05) is 13.0 Å². The van der Waals surface area contributed by atoms with Crippen LogP contribution < -0.4 is 0 Å². The molecule has 0 aromatic rings. The Balaban J connectivity index is 2.94. The molecule has 0 atom stereocenters. The summed E-state index contributed by atoms with van der Waals surface area (Å²) in [4.78, 5) is 11.0. The molecular formula is C13H23N3O. The summed E-state index contributed by atoms with van der Waals surface area (Å²) >= 11 is 0. The van der Waals surface area contributed by atoms with Gasteiger partial charge in [-0.3, -0.25) is 0 Å². The highest BCUT2D eigenvalue weighted by atomic mass is 16.5. The summed E-state index contributed by atoms with van der Waals surface area (Å²) in [5, 5.41) is 0. The van der Waals surface area contributed by atoms with Crippen LogP contribution in [0.3, 0.4) is 0 Å². The molecule has 0 unspecified atom stereocenters. The fraction of sp³-hybridized carbons (Fsp3) is 0.692. The fourth-order valence-corrected chi connectivity index (χ4v) is 2.01. The van der Waals surface area contributed by atoms with Crippen LogP contribution in [-0.4, -0.2) is 35.4 Å². The molecule has 0 spiro atoms. The summed E-state index contributed by atoms with van der Waals surface area (Å²) in [6.07, 6.45) is 4.58. The second-order valence-corrected chi connectivity index (χ2v) is 4.56. The van der Waals surface area contributed by atoms with Crippen molar-refractivity contribution in [1.29, 1.82) is 0 Å². The normalized spacial score (nSPS) is 15.7. The van der Waals surface area contributed by atoms with Crippen LogP contribution in [-0.2, 0) is 4.74 Å². The van der Waals surface area contributed by atoms with E-state index >= 15 is 0 Å². The van der Waals surface area contributed by atoms with Gasteiger partial charge >= 0.3 is 6.02 Å². The first-order valence-electron chi connectivity index (χ1n) is 6.27. The van der Waals surface area contributed by atoms with E-state index in [1.165, 1.54) is 0 Å². The molecule has 4 nitrogen and oxygen atoms in total. The van der Waals surface area contributed by atoms with Gasteiger partial charge in [-0.25, -0.2) is 4.99 Å². The molecule has 1 heterocycles. The van der Waals surface area contributed by atoms with E-state index in [-0.39, 0.29) is 0 Å². The number of rotatable bonds is 3. The van der Waals surface area contributed by atoms with Gasteiger partial charge in [-0.05, 0) is 34.6 Å². The Bertz CT molecular complexity index is 322. The average molecular weight is 237 g/mol. The van der Waals surface area contributed by atoms with Crippen molar-refractivity contribution < 1.29 is 4.74 Å². The van der Waals surface area contributed by atoms with Crippen LogP contribution in [0.4, 0.5) is 0 Å². The maximum absolute atomic E-state index is 5.39. The molecule has 0 aliphatic carbocycles. The zero-order valence-electron chi connectivity index (χ0n) is 11.5. The molecular weight excluding hydrogens is 214 g/mol. The van der Waals surface area contributed by atoms with E-state index < -0.39 is 0 Å². The Labute approximate surface area is 104 Å². The second kappa shape index (κ2) is 6.42. The van der Waals surface area contributed by atoms with Crippen molar-refractivity contribution >= 4 is 11.9 Å². The molecule has 0 aromatic heterocycles. The molecule has 1 rings (SSSR count). The van der Waals surface area contributed by atoms with E-state index in [4.69, 9.17) is 4.74 Å². The lowest BCUT2D eigenvalue weighted by Gasteiger charge is -2.33. The van der Waals surface area contributed by atoms with Crippen LogP contribution >= 0.6 is 0 Å². The first-order valence-corrected chi connectivity index (χ1v) is 6.27. The van der Waals surface area contributed by atoms with E-state index in [9.17, 15) is 0 Å². The summed E-state index contributed by atoms with van der Waals surface area (Å²) in [6.45, 7) is 11.2. The van der Waals surface area contributed by atoms with E-state index in [1.54, 1.807) is 6.20 Å². The third-order valence-electron chi connectivity index (χ3n) is 2.50. The Morgan fingerprint density at radius 2 is 1.94 bits per heavy atom. The summed E-state index contributed by atoms with van der Waals surface area (Å²) in [5.74, 6) is 1.02. The Morgan fingerprint density at radius 1 is 1.29 bits per heavy atom. The highest BCUT2D eigenvalue weighted by Gasteiger charge is 2.19. The maximum Gasteiger partial charge on any atom is 0.318 e. The smallest absolute Gasteiger partial charge is 0.318 e. The first kappa shape index (κ1) is 13.7. The van der Waals surface area contributed by atoms with E-state index in [2.05, 4.69) is 42.6 Å². The summed E-state index contributed by atoms with van der Waals surface area (Å²) in [5.41, 5.74) is 0. The standard InChI is InChI=1S/C13H23N3O/c1-6-17-13-14-9-7-8-12(15-13)16(10(2)3)11(4)5/h7,9-11H,6,8H2,1-5H3.